The number of benzene rings is 2. The summed E-state index contributed by atoms with van der Waals surface area (Å²) in [4.78, 5) is 15.0. The summed E-state index contributed by atoms with van der Waals surface area (Å²) in [6.45, 7) is 7.30. The SMILES string of the molecule is Cc1ccc(C)c(S(=O)(=O)NCCC(=O)NCc2ccccc2CN2CCCCC2)c1. The van der Waals surface area contributed by atoms with Crippen molar-refractivity contribution in [2.24, 2.45) is 0 Å². The number of hydrogen-bond donors (Lipinski definition) is 2. The number of piperidine rings is 1. The Hall–Kier alpha value is -2.22. The van der Waals surface area contributed by atoms with Crippen molar-refractivity contribution < 1.29 is 13.2 Å². The Morgan fingerprint density at radius 1 is 1.00 bits per heavy atom. The maximum absolute atomic E-state index is 12.6. The minimum Gasteiger partial charge on any atom is -0.352 e. The number of aryl methyl sites for hydroxylation is 2. The van der Waals surface area contributed by atoms with Crippen molar-refractivity contribution in [3.05, 3.63) is 64.7 Å². The molecule has 0 atom stereocenters. The quantitative estimate of drug-likeness (QED) is 0.624. The van der Waals surface area contributed by atoms with Gasteiger partial charge in [-0.25, -0.2) is 13.1 Å². The maximum Gasteiger partial charge on any atom is 0.240 e. The van der Waals surface area contributed by atoms with E-state index in [1.165, 1.54) is 24.8 Å². The highest BCUT2D eigenvalue weighted by atomic mass is 32.2. The van der Waals surface area contributed by atoms with E-state index in [0.717, 1.165) is 30.8 Å². The number of amides is 1. The van der Waals surface area contributed by atoms with E-state index in [9.17, 15) is 13.2 Å². The van der Waals surface area contributed by atoms with Crippen LogP contribution in [0, 0.1) is 13.8 Å². The van der Waals surface area contributed by atoms with E-state index in [2.05, 4.69) is 21.0 Å². The second kappa shape index (κ2) is 10.9. The Kier molecular flexibility index (Phi) is 8.23. The van der Waals surface area contributed by atoms with Crippen LogP contribution >= 0.6 is 0 Å². The van der Waals surface area contributed by atoms with Crippen LogP contribution in [0.2, 0.25) is 0 Å². The molecular weight excluding hydrogens is 410 g/mol. The molecule has 2 N–H and O–H groups in total. The molecule has 2 aromatic carbocycles. The molecule has 0 bridgehead atoms. The second-order valence-corrected chi connectivity index (χ2v) is 10.0. The van der Waals surface area contributed by atoms with Gasteiger partial charge in [0.2, 0.25) is 15.9 Å². The van der Waals surface area contributed by atoms with Crippen LogP contribution in [0.15, 0.2) is 47.4 Å². The molecule has 6 nitrogen and oxygen atoms in total. The summed E-state index contributed by atoms with van der Waals surface area (Å²) in [5.74, 6) is -0.170. The van der Waals surface area contributed by atoms with E-state index in [4.69, 9.17) is 0 Å². The summed E-state index contributed by atoms with van der Waals surface area (Å²) in [5.41, 5.74) is 3.91. The van der Waals surface area contributed by atoms with Gasteiger partial charge in [0.15, 0.2) is 0 Å². The van der Waals surface area contributed by atoms with Gasteiger partial charge >= 0.3 is 0 Å². The van der Waals surface area contributed by atoms with Crippen molar-refractivity contribution in [3.63, 3.8) is 0 Å². The van der Waals surface area contributed by atoms with E-state index in [0.29, 0.717) is 12.1 Å². The Morgan fingerprint density at radius 2 is 1.71 bits per heavy atom. The molecule has 2 aromatic rings. The number of likely N-dealkylation sites (tertiary alicyclic amines) is 1. The molecule has 0 saturated carbocycles. The lowest BCUT2D eigenvalue weighted by Crippen LogP contribution is -2.32. The van der Waals surface area contributed by atoms with E-state index in [1.54, 1.807) is 19.1 Å². The third kappa shape index (κ3) is 6.89. The van der Waals surface area contributed by atoms with E-state index >= 15 is 0 Å². The van der Waals surface area contributed by atoms with Crippen molar-refractivity contribution in [1.82, 2.24) is 14.9 Å². The fourth-order valence-electron chi connectivity index (χ4n) is 3.90. The lowest BCUT2D eigenvalue weighted by Gasteiger charge is -2.27. The highest BCUT2D eigenvalue weighted by Gasteiger charge is 2.17. The van der Waals surface area contributed by atoms with Gasteiger partial charge in [-0.05, 0) is 68.1 Å². The summed E-state index contributed by atoms with van der Waals surface area (Å²) in [6, 6.07) is 13.5. The summed E-state index contributed by atoms with van der Waals surface area (Å²) < 4.78 is 27.6. The molecule has 0 aliphatic carbocycles. The number of nitrogens with one attached hydrogen (secondary N) is 2. The fraction of sp³-hybridized carbons (Fsp3) is 0.458. The Labute approximate surface area is 186 Å². The third-order valence-corrected chi connectivity index (χ3v) is 7.32. The average Bonchev–Trinajstić information content (AvgIpc) is 2.75. The zero-order chi connectivity index (χ0) is 22.3. The van der Waals surface area contributed by atoms with E-state index in [1.807, 2.05) is 31.2 Å². The average molecular weight is 444 g/mol. The van der Waals surface area contributed by atoms with Crippen molar-refractivity contribution >= 4 is 15.9 Å². The van der Waals surface area contributed by atoms with Crippen LogP contribution in [0.25, 0.3) is 0 Å². The number of hydrogen-bond acceptors (Lipinski definition) is 4. The first-order valence-corrected chi connectivity index (χ1v) is 12.5. The molecule has 0 aromatic heterocycles. The minimum atomic E-state index is -3.63. The van der Waals surface area contributed by atoms with Gasteiger partial charge in [-0.2, -0.15) is 0 Å². The number of sulfonamides is 1. The van der Waals surface area contributed by atoms with Crippen molar-refractivity contribution in [2.45, 2.75) is 57.5 Å². The molecule has 1 heterocycles. The molecule has 0 radical (unpaired) electrons. The van der Waals surface area contributed by atoms with Crippen LogP contribution < -0.4 is 10.0 Å². The Balaban J connectivity index is 1.49. The van der Waals surface area contributed by atoms with Crippen molar-refractivity contribution in [2.75, 3.05) is 19.6 Å². The molecule has 0 unspecified atom stereocenters. The fourth-order valence-corrected chi connectivity index (χ4v) is 5.26. The number of carbonyl (C=O) groups excluding carboxylic acids is 1. The highest BCUT2D eigenvalue weighted by molar-refractivity contribution is 7.89. The smallest absolute Gasteiger partial charge is 0.240 e. The topological polar surface area (TPSA) is 78.5 Å². The number of nitrogens with zero attached hydrogens (tertiary/aromatic N) is 1. The Morgan fingerprint density at radius 3 is 2.45 bits per heavy atom. The molecule has 3 rings (SSSR count). The van der Waals surface area contributed by atoms with Crippen LogP contribution in [0.1, 0.15) is 47.9 Å². The first-order chi connectivity index (χ1) is 14.8. The molecule has 168 valence electrons. The summed E-state index contributed by atoms with van der Waals surface area (Å²) >= 11 is 0. The van der Waals surface area contributed by atoms with Crippen LogP contribution in [0.3, 0.4) is 0 Å². The van der Waals surface area contributed by atoms with Crippen molar-refractivity contribution in [3.8, 4) is 0 Å². The monoisotopic (exact) mass is 443 g/mol. The first-order valence-electron chi connectivity index (χ1n) is 11.0. The van der Waals surface area contributed by atoms with Crippen LogP contribution in [-0.4, -0.2) is 38.9 Å². The van der Waals surface area contributed by atoms with Gasteiger partial charge in [0.1, 0.15) is 0 Å². The van der Waals surface area contributed by atoms with E-state index < -0.39 is 10.0 Å². The largest absolute Gasteiger partial charge is 0.352 e. The van der Waals surface area contributed by atoms with Gasteiger partial charge in [-0.15, -0.1) is 0 Å². The van der Waals surface area contributed by atoms with Gasteiger partial charge in [-0.1, -0.05) is 42.8 Å². The maximum atomic E-state index is 12.6. The van der Waals surface area contributed by atoms with Gasteiger partial charge in [-0.3, -0.25) is 9.69 Å². The van der Waals surface area contributed by atoms with Gasteiger partial charge in [0.25, 0.3) is 0 Å². The summed E-state index contributed by atoms with van der Waals surface area (Å²) in [5, 5.41) is 2.93. The molecule has 1 saturated heterocycles. The number of rotatable bonds is 9. The second-order valence-electron chi connectivity index (χ2n) is 8.30. The zero-order valence-corrected chi connectivity index (χ0v) is 19.3. The zero-order valence-electron chi connectivity index (χ0n) is 18.5. The molecular formula is C24H33N3O3S. The highest BCUT2D eigenvalue weighted by Crippen LogP contribution is 2.17. The molecule has 1 aliphatic rings. The Bertz CT molecular complexity index is 999. The molecule has 0 spiro atoms. The predicted molar refractivity (Wildman–Crippen MR) is 123 cm³/mol. The van der Waals surface area contributed by atoms with Crippen LogP contribution in [-0.2, 0) is 27.9 Å². The van der Waals surface area contributed by atoms with E-state index in [-0.39, 0.29) is 23.8 Å². The molecule has 31 heavy (non-hydrogen) atoms. The molecule has 7 heteroatoms. The molecule has 1 aliphatic heterocycles. The summed E-state index contributed by atoms with van der Waals surface area (Å²) in [7, 11) is -3.63. The van der Waals surface area contributed by atoms with Crippen LogP contribution in [0.5, 0.6) is 0 Å². The van der Waals surface area contributed by atoms with Crippen LogP contribution in [0.4, 0.5) is 0 Å². The minimum absolute atomic E-state index is 0.0664. The van der Waals surface area contributed by atoms with Gasteiger partial charge in [0, 0.05) is 26.1 Å². The molecule has 1 fully saturated rings. The predicted octanol–water partition coefficient (Wildman–Crippen LogP) is 3.27. The van der Waals surface area contributed by atoms with Gasteiger partial charge in [0.05, 0.1) is 4.90 Å². The normalized spacial score (nSPS) is 15.0. The van der Waals surface area contributed by atoms with Gasteiger partial charge < -0.3 is 5.32 Å². The standard InChI is InChI=1S/C24H33N3O3S/c1-19-10-11-20(2)23(16-19)31(29,30)26-13-12-24(28)25-17-21-8-4-5-9-22(21)18-27-14-6-3-7-15-27/h4-5,8-11,16,26H,3,6-7,12-15,17-18H2,1-2H3,(H,25,28). The summed E-state index contributed by atoms with van der Waals surface area (Å²) in [6.07, 6.45) is 3.90. The van der Waals surface area contributed by atoms with Crippen molar-refractivity contribution in [1.29, 1.82) is 0 Å². The lowest BCUT2D eigenvalue weighted by atomic mass is 10.0. The first kappa shape index (κ1) is 23.4. The molecule has 1 amide bonds. The number of carbonyl (C=O) groups is 1. The third-order valence-electron chi connectivity index (χ3n) is 5.71. The lowest BCUT2D eigenvalue weighted by molar-refractivity contribution is -0.121.